The first-order valence-electron chi connectivity index (χ1n) is 12.9. The number of carboxylic acid groups (broad SMARTS) is 1. The Morgan fingerprint density at radius 1 is 1.21 bits per heavy atom. The van der Waals surface area contributed by atoms with Crippen molar-refractivity contribution in [3.05, 3.63) is 52.2 Å². The summed E-state index contributed by atoms with van der Waals surface area (Å²) in [5.74, 6) is -2.29. The molecule has 3 rings (SSSR count). The van der Waals surface area contributed by atoms with Crippen LogP contribution in [0.2, 0.25) is 5.02 Å². The number of alkyl halides is 2. The van der Waals surface area contributed by atoms with Crippen molar-refractivity contribution in [3.63, 3.8) is 0 Å². The molecule has 3 N–H and O–H groups in total. The van der Waals surface area contributed by atoms with Crippen LogP contribution in [0.1, 0.15) is 47.3 Å². The summed E-state index contributed by atoms with van der Waals surface area (Å²) in [4.78, 5) is 34.5. The van der Waals surface area contributed by atoms with Crippen molar-refractivity contribution in [2.75, 3.05) is 44.7 Å². The fourth-order valence-corrected chi connectivity index (χ4v) is 4.51. The summed E-state index contributed by atoms with van der Waals surface area (Å²) in [5, 5.41) is 15.0. The number of carboxylic acids is 1. The maximum absolute atomic E-state index is 14.0. The number of aliphatic carboxylic acids is 1. The Hall–Kier alpha value is -2.96. The second kappa shape index (κ2) is 15.6. The van der Waals surface area contributed by atoms with Gasteiger partial charge in [-0.3, -0.25) is 9.78 Å². The SMILES string of the molecule is O=C(N[C@@H](CCN(CCCCc1ccc2c(n1)NCCC2)CCOCC(F)F)C(=O)O)c1c(F)cncc1Cl. The number of nitrogens with one attached hydrogen (secondary N) is 2. The fourth-order valence-electron chi connectivity index (χ4n) is 4.28. The van der Waals surface area contributed by atoms with Gasteiger partial charge in [0, 0.05) is 31.5 Å². The van der Waals surface area contributed by atoms with Gasteiger partial charge in [-0.05, 0) is 56.7 Å². The van der Waals surface area contributed by atoms with Crippen LogP contribution in [0.5, 0.6) is 0 Å². The van der Waals surface area contributed by atoms with Crippen molar-refractivity contribution in [2.45, 2.75) is 51.0 Å². The van der Waals surface area contributed by atoms with Crippen LogP contribution in [0.4, 0.5) is 19.0 Å². The normalized spacial score (nSPS) is 13.7. The first-order valence-corrected chi connectivity index (χ1v) is 13.3. The van der Waals surface area contributed by atoms with Crippen molar-refractivity contribution in [1.82, 2.24) is 20.2 Å². The number of aryl methyl sites for hydroxylation is 2. The average molecular weight is 572 g/mol. The van der Waals surface area contributed by atoms with E-state index in [2.05, 4.69) is 26.7 Å². The van der Waals surface area contributed by atoms with E-state index in [0.717, 1.165) is 62.6 Å². The van der Waals surface area contributed by atoms with Crippen molar-refractivity contribution in [2.24, 2.45) is 0 Å². The summed E-state index contributed by atoms with van der Waals surface area (Å²) in [5.41, 5.74) is 1.71. The molecular weight excluding hydrogens is 539 g/mol. The monoisotopic (exact) mass is 571 g/mol. The van der Waals surface area contributed by atoms with E-state index in [0.29, 0.717) is 13.1 Å². The van der Waals surface area contributed by atoms with E-state index in [4.69, 9.17) is 16.3 Å². The zero-order valence-electron chi connectivity index (χ0n) is 21.5. The molecule has 1 amide bonds. The van der Waals surface area contributed by atoms with Crippen LogP contribution in [-0.2, 0) is 22.4 Å². The minimum absolute atomic E-state index is 0.00170. The van der Waals surface area contributed by atoms with Crippen LogP contribution in [0, 0.1) is 5.82 Å². The molecule has 1 aliphatic rings. The van der Waals surface area contributed by atoms with Crippen LogP contribution in [0.25, 0.3) is 0 Å². The van der Waals surface area contributed by atoms with Gasteiger partial charge in [0.2, 0.25) is 0 Å². The maximum atomic E-state index is 14.0. The number of aromatic nitrogens is 2. The lowest BCUT2D eigenvalue weighted by Crippen LogP contribution is -2.44. The van der Waals surface area contributed by atoms with E-state index >= 15 is 0 Å². The maximum Gasteiger partial charge on any atom is 0.326 e. The number of fused-ring (bicyclic) bond motifs is 1. The number of carbonyl (C=O) groups excluding carboxylic acids is 1. The Bertz CT molecular complexity index is 1090. The number of amides is 1. The number of rotatable bonds is 16. The molecule has 13 heteroatoms. The second-order valence-electron chi connectivity index (χ2n) is 9.24. The number of hydrogen-bond donors (Lipinski definition) is 3. The van der Waals surface area contributed by atoms with Crippen molar-refractivity contribution in [1.29, 1.82) is 0 Å². The summed E-state index contributed by atoms with van der Waals surface area (Å²) >= 11 is 5.86. The Morgan fingerprint density at radius 3 is 2.77 bits per heavy atom. The molecular formula is C26H33ClF3N5O4. The number of pyridine rings is 2. The molecule has 0 radical (unpaired) electrons. The van der Waals surface area contributed by atoms with Gasteiger partial charge in [-0.15, -0.1) is 0 Å². The molecule has 3 heterocycles. The lowest BCUT2D eigenvalue weighted by Gasteiger charge is -2.24. The topological polar surface area (TPSA) is 117 Å². The molecule has 1 atom stereocenters. The summed E-state index contributed by atoms with van der Waals surface area (Å²) in [6.07, 6.45) is 3.76. The van der Waals surface area contributed by atoms with Crippen molar-refractivity contribution >= 4 is 29.3 Å². The van der Waals surface area contributed by atoms with Gasteiger partial charge in [0.1, 0.15) is 18.5 Å². The van der Waals surface area contributed by atoms with Crippen molar-refractivity contribution < 1.29 is 32.6 Å². The van der Waals surface area contributed by atoms with Gasteiger partial charge in [0.25, 0.3) is 12.3 Å². The quantitative estimate of drug-likeness (QED) is 0.261. The van der Waals surface area contributed by atoms with E-state index in [1.165, 1.54) is 5.56 Å². The minimum atomic E-state index is -2.58. The van der Waals surface area contributed by atoms with E-state index in [-0.39, 0.29) is 24.6 Å². The minimum Gasteiger partial charge on any atom is -0.480 e. The summed E-state index contributed by atoms with van der Waals surface area (Å²) in [6.45, 7) is 1.38. The molecule has 0 unspecified atom stereocenters. The number of unbranched alkanes of at least 4 members (excludes halogenated alkanes) is 1. The highest BCUT2D eigenvalue weighted by molar-refractivity contribution is 6.33. The lowest BCUT2D eigenvalue weighted by atomic mass is 10.1. The molecule has 0 fully saturated rings. The van der Waals surface area contributed by atoms with Crippen LogP contribution in [0.3, 0.4) is 0 Å². The first-order chi connectivity index (χ1) is 18.7. The van der Waals surface area contributed by atoms with Crippen molar-refractivity contribution in [3.8, 4) is 0 Å². The third-order valence-electron chi connectivity index (χ3n) is 6.32. The largest absolute Gasteiger partial charge is 0.480 e. The van der Waals surface area contributed by atoms with Crippen LogP contribution in [0.15, 0.2) is 24.5 Å². The number of hydrogen-bond acceptors (Lipinski definition) is 7. The van der Waals surface area contributed by atoms with Gasteiger partial charge in [-0.1, -0.05) is 17.7 Å². The Balaban J connectivity index is 1.53. The molecule has 9 nitrogen and oxygen atoms in total. The Labute approximate surface area is 230 Å². The number of nitrogens with zero attached hydrogens (tertiary/aromatic N) is 3. The first kappa shape index (κ1) is 30.6. The molecule has 0 aliphatic carbocycles. The fraction of sp³-hybridized carbons (Fsp3) is 0.538. The summed E-state index contributed by atoms with van der Waals surface area (Å²) in [6, 6.07) is 2.81. The predicted octanol–water partition coefficient (Wildman–Crippen LogP) is 3.81. The zero-order valence-corrected chi connectivity index (χ0v) is 22.2. The molecule has 0 bridgehead atoms. The summed E-state index contributed by atoms with van der Waals surface area (Å²) < 4.78 is 43.9. The van der Waals surface area contributed by atoms with Gasteiger partial charge in [0.15, 0.2) is 5.82 Å². The zero-order chi connectivity index (χ0) is 28.2. The van der Waals surface area contributed by atoms with Crippen LogP contribution >= 0.6 is 11.6 Å². The van der Waals surface area contributed by atoms with Crippen LogP contribution in [-0.4, -0.2) is 83.7 Å². The average Bonchev–Trinajstić information content (AvgIpc) is 2.90. The molecule has 0 saturated heterocycles. The highest BCUT2D eigenvalue weighted by Gasteiger charge is 2.25. The molecule has 0 aromatic carbocycles. The molecule has 0 saturated carbocycles. The second-order valence-corrected chi connectivity index (χ2v) is 9.64. The van der Waals surface area contributed by atoms with Gasteiger partial charge < -0.3 is 25.4 Å². The standard InChI is InChI=1S/C26H33ClF3N5O4/c27-19-14-31-15-20(28)23(19)25(36)34-21(26(37)38)8-11-35(12-13-39-16-22(29)30)10-2-1-5-18-7-6-17-4-3-9-32-24(17)33-18/h6-7,14-15,21-22H,1-5,8-13,16H2,(H,32,33)(H,34,36)(H,37,38)/t21-/m0/s1. The van der Waals surface area contributed by atoms with Gasteiger partial charge >= 0.3 is 5.97 Å². The van der Waals surface area contributed by atoms with E-state index < -0.39 is 42.3 Å². The molecule has 1 aliphatic heterocycles. The molecule has 2 aromatic heterocycles. The Morgan fingerprint density at radius 2 is 2.03 bits per heavy atom. The third kappa shape index (κ3) is 9.94. The number of carbonyl (C=O) groups is 2. The molecule has 39 heavy (non-hydrogen) atoms. The lowest BCUT2D eigenvalue weighted by molar-refractivity contribution is -0.139. The molecule has 0 spiro atoms. The molecule has 214 valence electrons. The van der Waals surface area contributed by atoms with E-state index in [1.807, 2.05) is 11.0 Å². The van der Waals surface area contributed by atoms with E-state index in [9.17, 15) is 27.9 Å². The van der Waals surface area contributed by atoms with Crippen LogP contribution < -0.4 is 10.6 Å². The smallest absolute Gasteiger partial charge is 0.326 e. The van der Waals surface area contributed by atoms with E-state index in [1.54, 1.807) is 0 Å². The number of halogens is 4. The highest BCUT2D eigenvalue weighted by atomic mass is 35.5. The van der Waals surface area contributed by atoms with Gasteiger partial charge in [-0.25, -0.2) is 22.9 Å². The number of ether oxygens (including phenoxy) is 1. The molecule has 2 aromatic rings. The highest BCUT2D eigenvalue weighted by Crippen LogP contribution is 2.20. The van der Waals surface area contributed by atoms with Gasteiger partial charge in [-0.2, -0.15) is 0 Å². The number of anilines is 1. The third-order valence-corrected chi connectivity index (χ3v) is 6.61. The predicted molar refractivity (Wildman–Crippen MR) is 140 cm³/mol. The Kier molecular flexibility index (Phi) is 12.2. The van der Waals surface area contributed by atoms with Gasteiger partial charge in [0.05, 0.1) is 23.4 Å². The summed E-state index contributed by atoms with van der Waals surface area (Å²) in [7, 11) is 0.